The summed E-state index contributed by atoms with van der Waals surface area (Å²) in [6.45, 7) is 5.38. The molecule has 1 amide bonds. The molecule has 1 aromatic carbocycles. The SMILES string of the molecule is Cc1ccc(-c2c3nc4c(cnn4c2N)C(=O)NCC(C)Oc2ncc(F)cc2C(C)N3)cc1F. The number of nitrogen functional groups attached to an aromatic ring is 1. The molecular weight excluding hydrogens is 456 g/mol. The third-order valence-corrected chi connectivity index (χ3v) is 5.92. The molecule has 0 saturated carbocycles. The molecule has 1 aliphatic heterocycles. The highest BCUT2D eigenvalue weighted by Crippen LogP contribution is 2.37. The number of hydrogen-bond acceptors (Lipinski definition) is 7. The van der Waals surface area contributed by atoms with E-state index in [4.69, 9.17) is 10.5 Å². The minimum atomic E-state index is -0.542. The van der Waals surface area contributed by atoms with Gasteiger partial charge in [-0.1, -0.05) is 12.1 Å². The summed E-state index contributed by atoms with van der Waals surface area (Å²) in [6.07, 6.45) is 1.98. The van der Waals surface area contributed by atoms with E-state index in [1.54, 1.807) is 32.9 Å². The zero-order valence-corrected chi connectivity index (χ0v) is 19.3. The topological polar surface area (TPSA) is 119 Å². The molecule has 11 heteroatoms. The van der Waals surface area contributed by atoms with Crippen LogP contribution in [0.3, 0.4) is 0 Å². The largest absolute Gasteiger partial charge is 0.473 e. The fourth-order valence-corrected chi connectivity index (χ4v) is 4.01. The molecule has 4 aromatic rings. The van der Waals surface area contributed by atoms with Gasteiger partial charge in [0, 0.05) is 5.56 Å². The first kappa shape index (κ1) is 22.5. The maximum atomic E-state index is 14.5. The van der Waals surface area contributed by atoms with Gasteiger partial charge in [0.25, 0.3) is 5.91 Å². The molecule has 180 valence electrons. The summed E-state index contributed by atoms with van der Waals surface area (Å²) in [5, 5.41) is 10.3. The first-order chi connectivity index (χ1) is 16.7. The van der Waals surface area contributed by atoms with Crippen molar-refractivity contribution in [3.05, 3.63) is 65.0 Å². The number of aromatic nitrogens is 4. The number of nitrogens with two attached hydrogens (primary N) is 1. The smallest absolute Gasteiger partial charge is 0.256 e. The fourth-order valence-electron chi connectivity index (χ4n) is 4.01. The highest BCUT2D eigenvalue weighted by atomic mass is 19.1. The van der Waals surface area contributed by atoms with E-state index in [0.717, 1.165) is 6.20 Å². The van der Waals surface area contributed by atoms with Gasteiger partial charge in [-0.3, -0.25) is 4.79 Å². The standard InChI is InChI=1S/C24H23F2N7O2/c1-11-4-5-14(6-18(11)26)19-20(27)33-22-17(10-30-33)23(34)28-8-12(2)35-24-16(7-15(25)9-29-24)13(3)31-21(19)32-22/h4-7,9-10,12-13H,8,27H2,1-3H3,(H,28,34)(H,31,32). The molecule has 0 aliphatic carbocycles. The number of benzene rings is 1. The number of rotatable bonds is 1. The second-order valence-electron chi connectivity index (χ2n) is 8.53. The van der Waals surface area contributed by atoms with E-state index in [0.29, 0.717) is 22.3 Å². The molecule has 4 N–H and O–H groups in total. The van der Waals surface area contributed by atoms with E-state index >= 15 is 0 Å². The third kappa shape index (κ3) is 3.98. The Bertz CT molecular complexity index is 1470. The minimum Gasteiger partial charge on any atom is -0.473 e. The Kier molecular flexibility index (Phi) is 5.46. The number of halogens is 2. The van der Waals surface area contributed by atoms with Crippen LogP contribution in [-0.2, 0) is 0 Å². The van der Waals surface area contributed by atoms with Gasteiger partial charge < -0.3 is 21.1 Å². The number of ether oxygens (including phenoxy) is 1. The van der Waals surface area contributed by atoms with Crippen LogP contribution in [0.4, 0.5) is 20.4 Å². The monoisotopic (exact) mass is 479 g/mol. The van der Waals surface area contributed by atoms with Crippen molar-refractivity contribution in [3.8, 4) is 17.0 Å². The third-order valence-electron chi connectivity index (χ3n) is 5.92. The molecule has 2 unspecified atom stereocenters. The second-order valence-corrected chi connectivity index (χ2v) is 8.53. The molecule has 0 saturated heterocycles. The quantitative estimate of drug-likeness (QED) is 0.381. The van der Waals surface area contributed by atoms with Crippen LogP contribution in [0.15, 0.2) is 36.7 Å². The summed E-state index contributed by atoms with van der Waals surface area (Å²) in [5.41, 5.74) is 8.69. The predicted molar refractivity (Wildman–Crippen MR) is 126 cm³/mol. The van der Waals surface area contributed by atoms with Crippen molar-refractivity contribution in [1.29, 1.82) is 0 Å². The van der Waals surface area contributed by atoms with Crippen LogP contribution in [0.1, 0.15) is 41.4 Å². The summed E-state index contributed by atoms with van der Waals surface area (Å²) >= 11 is 0. The summed E-state index contributed by atoms with van der Waals surface area (Å²) < 4.78 is 35.9. The van der Waals surface area contributed by atoms with E-state index in [2.05, 4.69) is 25.7 Å². The van der Waals surface area contributed by atoms with Crippen LogP contribution in [0, 0.1) is 18.6 Å². The number of anilines is 2. The van der Waals surface area contributed by atoms with Gasteiger partial charge in [-0.05, 0) is 44.0 Å². The highest BCUT2D eigenvalue weighted by molar-refractivity contribution is 6.01. The number of aryl methyl sites for hydroxylation is 1. The molecule has 35 heavy (non-hydrogen) atoms. The molecular formula is C24H23F2N7O2. The predicted octanol–water partition coefficient (Wildman–Crippen LogP) is 3.64. The van der Waals surface area contributed by atoms with Crippen LogP contribution in [0.5, 0.6) is 5.88 Å². The van der Waals surface area contributed by atoms with Crippen molar-refractivity contribution in [2.24, 2.45) is 0 Å². The number of carbonyl (C=O) groups excluding carboxylic acids is 1. The molecule has 9 nitrogen and oxygen atoms in total. The van der Waals surface area contributed by atoms with Gasteiger partial charge in [-0.15, -0.1) is 0 Å². The van der Waals surface area contributed by atoms with Crippen LogP contribution < -0.4 is 21.1 Å². The summed E-state index contributed by atoms with van der Waals surface area (Å²) in [7, 11) is 0. The second kappa shape index (κ2) is 8.49. The minimum absolute atomic E-state index is 0.157. The fraction of sp³-hybridized carbons (Fsp3) is 0.250. The van der Waals surface area contributed by atoms with E-state index in [9.17, 15) is 13.6 Å². The molecule has 0 spiro atoms. The van der Waals surface area contributed by atoms with Crippen molar-refractivity contribution < 1.29 is 18.3 Å². The van der Waals surface area contributed by atoms with Gasteiger partial charge in [0.1, 0.15) is 34.9 Å². The molecule has 1 aliphatic rings. The van der Waals surface area contributed by atoms with Crippen LogP contribution >= 0.6 is 0 Å². The van der Waals surface area contributed by atoms with Gasteiger partial charge in [0.05, 0.1) is 30.5 Å². The van der Waals surface area contributed by atoms with Crippen LogP contribution in [0.2, 0.25) is 0 Å². The van der Waals surface area contributed by atoms with Crippen molar-refractivity contribution in [2.45, 2.75) is 32.9 Å². The zero-order chi connectivity index (χ0) is 24.9. The van der Waals surface area contributed by atoms with Crippen LogP contribution in [-0.4, -0.2) is 38.1 Å². The lowest BCUT2D eigenvalue weighted by Crippen LogP contribution is -2.34. The maximum Gasteiger partial charge on any atom is 0.256 e. The number of hydrogen-bond donors (Lipinski definition) is 3. The Morgan fingerprint density at radius 3 is 2.77 bits per heavy atom. The van der Waals surface area contributed by atoms with E-state index in [1.165, 1.54) is 22.8 Å². The molecule has 3 aromatic heterocycles. The summed E-state index contributed by atoms with van der Waals surface area (Å²) in [4.78, 5) is 21.7. The average molecular weight is 479 g/mol. The molecule has 0 fully saturated rings. The summed E-state index contributed by atoms with van der Waals surface area (Å²) in [5.74, 6) is -0.721. The Balaban J connectivity index is 1.76. The molecule has 0 radical (unpaired) electrons. The van der Waals surface area contributed by atoms with Crippen molar-refractivity contribution in [2.75, 3.05) is 17.6 Å². The van der Waals surface area contributed by atoms with E-state index in [-0.39, 0.29) is 35.3 Å². The Labute approximate surface area is 199 Å². The van der Waals surface area contributed by atoms with Gasteiger partial charge in [0.15, 0.2) is 5.65 Å². The number of nitrogens with one attached hydrogen (secondary N) is 2. The number of carbonyl (C=O) groups is 1. The Morgan fingerprint density at radius 2 is 2.00 bits per heavy atom. The number of amides is 1. The van der Waals surface area contributed by atoms with Crippen molar-refractivity contribution in [3.63, 3.8) is 0 Å². The van der Waals surface area contributed by atoms with Gasteiger partial charge in [-0.2, -0.15) is 9.61 Å². The van der Waals surface area contributed by atoms with Crippen molar-refractivity contribution >= 4 is 23.2 Å². The average Bonchev–Trinajstić information content (AvgIpc) is 3.24. The summed E-state index contributed by atoms with van der Waals surface area (Å²) in [6, 6.07) is 5.49. The normalized spacial score (nSPS) is 18.0. The zero-order valence-electron chi connectivity index (χ0n) is 19.3. The van der Waals surface area contributed by atoms with E-state index < -0.39 is 29.7 Å². The Hall–Kier alpha value is -4.28. The number of nitrogens with zero attached hydrogens (tertiary/aromatic N) is 4. The Morgan fingerprint density at radius 1 is 1.20 bits per heavy atom. The lowest BCUT2D eigenvalue weighted by Gasteiger charge is -2.22. The first-order valence-corrected chi connectivity index (χ1v) is 11.0. The molecule has 5 rings (SSSR count). The van der Waals surface area contributed by atoms with Gasteiger partial charge >= 0.3 is 0 Å². The lowest BCUT2D eigenvalue weighted by atomic mass is 10.0. The van der Waals surface area contributed by atoms with Gasteiger partial charge in [-0.25, -0.2) is 18.7 Å². The highest BCUT2D eigenvalue weighted by Gasteiger charge is 2.25. The van der Waals surface area contributed by atoms with Crippen molar-refractivity contribution in [1.82, 2.24) is 24.9 Å². The van der Waals surface area contributed by atoms with E-state index in [1.807, 2.05) is 0 Å². The number of pyridine rings is 1. The van der Waals surface area contributed by atoms with Crippen LogP contribution in [0.25, 0.3) is 16.8 Å². The maximum absolute atomic E-state index is 14.5. The molecule has 4 heterocycles. The number of fused-ring (bicyclic) bond motifs is 2. The lowest BCUT2D eigenvalue weighted by molar-refractivity contribution is 0.0932. The molecule has 2 bridgehead atoms. The van der Waals surface area contributed by atoms with Gasteiger partial charge in [0.2, 0.25) is 5.88 Å². The molecule has 2 atom stereocenters. The first-order valence-electron chi connectivity index (χ1n) is 11.0.